The highest BCUT2D eigenvalue weighted by Crippen LogP contribution is 2.18. The molecule has 1 fully saturated rings. The van der Waals surface area contributed by atoms with Crippen LogP contribution in [-0.2, 0) is 19.6 Å². The number of likely N-dealkylation sites (tertiary alicyclic amines) is 1. The first-order chi connectivity index (χ1) is 11.3. The van der Waals surface area contributed by atoms with E-state index in [0.717, 1.165) is 25.0 Å². The van der Waals surface area contributed by atoms with Gasteiger partial charge in [-0.15, -0.1) is 0 Å². The molecule has 9 heteroatoms. The Balaban J connectivity index is 1.94. The molecule has 132 valence electrons. The summed E-state index contributed by atoms with van der Waals surface area (Å²) in [6.07, 6.45) is 1.66. The number of sulfonamides is 1. The van der Waals surface area contributed by atoms with E-state index < -0.39 is 38.7 Å². The molecule has 0 aromatic heterocycles. The molecule has 0 bridgehead atoms. The molecule has 24 heavy (non-hydrogen) atoms. The van der Waals surface area contributed by atoms with Crippen LogP contribution in [0.3, 0.4) is 0 Å². The van der Waals surface area contributed by atoms with E-state index in [4.69, 9.17) is 5.11 Å². The van der Waals surface area contributed by atoms with Crippen molar-refractivity contribution in [3.8, 4) is 0 Å². The van der Waals surface area contributed by atoms with Crippen molar-refractivity contribution in [2.75, 3.05) is 13.1 Å². The second-order valence-corrected chi connectivity index (χ2v) is 7.25. The average molecular weight is 358 g/mol. The van der Waals surface area contributed by atoms with Gasteiger partial charge in [0.2, 0.25) is 15.9 Å². The van der Waals surface area contributed by atoms with Gasteiger partial charge >= 0.3 is 5.97 Å². The number of carbonyl (C=O) groups excluding carboxylic acids is 1. The van der Waals surface area contributed by atoms with E-state index in [1.165, 1.54) is 17.0 Å². The number of carboxylic acid groups (broad SMARTS) is 1. The van der Waals surface area contributed by atoms with E-state index in [9.17, 15) is 22.4 Å². The molecule has 1 atom stereocenters. The Morgan fingerprint density at radius 2 is 2.00 bits per heavy atom. The summed E-state index contributed by atoms with van der Waals surface area (Å²) in [6.45, 7) is 0.119. The standard InChI is InChI=1S/C15H19FN2O5S/c16-11-5-1-2-7-13(11)24(22,23)17-9-8-14(19)18-10-4-3-6-12(18)15(20)21/h1-2,5,7,12,17H,3-4,6,8-10H2,(H,20,21). The number of piperidine rings is 1. The van der Waals surface area contributed by atoms with E-state index in [1.54, 1.807) is 0 Å². The Morgan fingerprint density at radius 3 is 2.67 bits per heavy atom. The maximum Gasteiger partial charge on any atom is 0.326 e. The summed E-state index contributed by atoms with van der Waals surface area (Å²) < 4.78 is 39.7. The van der Waals surface area contributed by atoms with Crippen LogP contribution in [0.5, 0.6) is 0 Å². The minimum Gasteiger partial charge on any atom is -0.480 e. The number of carbonyl (C=O) groups is 2. The number of amides is 1. The van der Waals surface area contributed by atoms with Gasteiger partial charge in [-0.05, 0) is 31.4 Å². The van der Waals surface area contributed by atoms with Crippen LogP contribution in [0.1, 0.15) is 25.7 Å². The zero-order valence-electron chi connectivity index (χ0n) is 12.9. The first-order valence-corrected chi connectivity index (χ1v) is 9.07. The van der Waals surface area contributed by atoms with Crippen molar-refractivity contribution in [2.24, 2.45) is 0 Å². The van der Waals surface area contributed by atoms with Gasteiger partial charge in [-0.25, -0.2) is 22.3 Å². The van der Waals surface area contributed by atoms with Gasteiger partial charge in [0.15, 0.2) is 0 Å². The summed E-state index contributed by atoms with van der Waals surface area (Å²) in [6, 6.07) is 4.07. The number of rotatable bonds is 6. The smallest absolute Gasteiger partial charge is 0.326 e. The van der Waals surface area contributed by atoms with Crippen LogP contribution in [0.2, 0.25) is 0 Å². The number of aliphatic carboxylic acids is 1. The number of halogens is 1. The van der Waals surface area contributed by atoms with E-state index in [-0.39, 0.29) is 13.0 Å². The fourth-order valence-electron chi connectivity index (χ4n) is 2.66. The molecule has 7 nitrogen and oxygen atoms in total. The third-order valence-electron chi connectivity index (χ3n) is 3.87. The highest BCUT2D eigenvalue weighted by atomic mass is 32.2. The summed E-state index contributed by atoms with van der Waals surface area (Å²) in [5.41, 5.74) is 0. The van der Waals surface area contributed by atoms with Crippen LogP contribution >= 0.6 is 0 Å². The minimum atomic E-state index is -4.06. The molecule has 1 amide bonds. The van der Waals surface area contributed by atoms with Crippen molar-refractivity contribution < 1.29 is 27.5 Å². The highest BCUT2D eigenvalue weighted by Gasteiger charge is 2.31. The minimum absolute atomic E-state index is 0.183. The summed E-state index contributed by atoms with van der Waals surface area (Å²) in [5, 5.41) is 9.14. The lowest BCUT2D eigenvalue weighted by Crippen LogP contribution is -2.48. The van der Waals surface area contributed by atoms with E-state index >= 15 is 0 Å². The molecule has 1 saturated heterocycles. The van der Waals surface area contributed by atoms with Crippen LogP contribution in [-0.4, -0.2) is 49.4 Å². The first-order valence-electron chi connectivity index (χ1n) is 7.59. The van der Waals surface area contributed by atoms with Gasteiger partial charge in [-0.2, -0.15) is 0 Å². The van der Waals surface area contributed by atoms with E-state index in [1.807, 2.05) is 0 Å². The van der Waals surface area contributed by atoms with E-state index in [2.05, 4.69) is 4.72 Å². The van der Waals surface area contributed by atoms with Gasteiger partial charge in [0.05, 0.1) is 0 Å². The largest absolute Gasteiger partial charge is 0.480 e. The summed E-state index contributed by atoms with van der Waals surface area (Å²) in [5.74, 6) is -2.37. The van der Waals surface area contributed by atoms with Crippen molar-refractivity contribution >= 4 is 21.9 Å². The average Bonchev–Trinajstić information content (AvgIpc) is 2.54. The first kappa shape index (κ1) is 18.3. The fourth-order valence-corrected chi connectivity index (χ4v) is 3.77. The Hall–Kier alpha value is -2.00. The lowest BCUT2D eigenvalue weighted by atomic mass is 10.0. The monoisotopic (exact) mass is 358 g/mol. The molecule has 1 aliphatic heterocycles. The molecule has 1 aliphatic rings. The molecular formula is C15H19FN2O5S. The van der Waals surface area contributed by atoms with Gasteiger partial charge < -0.3 is 10.0 Å². The lowest BCUT2D eigenvalue weighted by molar-refractivity contribution is -0.152. The number of hydrogen-bond donors (Lipinski definition) is 2. The van der Waals surface area contributed by atoms with Crippen LogP contribution in [0.15, 0.2) is 29.2 Å². The molecule has 2 rings (SSSR count). The maximum absolute atomic E-state index is 13.5. The van der Waals surface area contributed by atoms with Crippen molar-refractivity contribution in [1.29, 1.82) is 0 Å². The van der Waals surface area contributed by atoms with Crippen molar-refractivity contribution in [3.63, 3.8) is 0 Å². The Kier molecular flexibility index (Phi) is 5.89. The number of nitrogens with one attached hydrogen (secondary N) is 1. The molecule has 1 heterocycles. The predicted octanol–water partition coefficient (Wildman–Crippen LogP) is 0.960. The molecule has 1 unspecified atom stereocenters. The van der Waals surface area contributed by atoms with Crippen molar-refractivity contribution in [2.45, 2.75) is 36.6 Å². The topological polar surface area (TPSA) is 104 Å². The molecule has 1 aromatic carbocycles. The summed E-state index contributed by atoms with van der Waals surface area (Å²) >= 11 is 0. The van der Waals surface area contributed by atoms with Crippen molar-refractivity contribution in [3.05, 3.63) is 30.1 Å². The number of benzene rings is 1. The molecule has 0 saturated carbocycles. The molecule has 0 spiro atoms. The maximum atomic E-state index is 13.5. The van der Waals surface area contributed by atoms with Crippen LogP contribution in [0.25, 0.3) is 0 Å². The summed E-state index contributed by atoms with van der Waals surface area (Å²) in [7, 11) is -4.06. The van der Waals surface area contributed by atoms with Crippen molar-refractivity contribution in [1.82, 2.24) is 9.62 Å². The van der Waals surface area contributed by atoms with Gasteiger partial charge in [0, 0.05) is 19.5 Å². The Labute approximate surface area is 139 Å². The zero-order valence-corrected chi connectivity index (χ0v) is 13.8. The molecule has 0 radical (unpaired) electrons. The Morgan fingerprint density at radius 1 is 1.29 bits per heavy atom. The van der Waals surface area contributed by atoms with Crippen LogP contribution < -0.4 is 4.72 Å². The van der Waals surface area contributed by atoms with Gasteiger partial charge in [-0.1, -0.05) is 12.1 Å². The third-order valence-corrected chi connectivity index (χ3v) is 5.36. The molecular weight excluding hydrogens is 339 g/mol. The number of nitrogens with zero attached hydrogens (tertiary/aromatic N) is 1. The highest BCUT2D eigenvalue weighted by molar-refractivity contribution is 7.89. The van der Waals surface area contributed by atoms with E-state index in [0.29, 0.717) is 13.0 Å². The third kappa shape index (κ3) is 4.30. The molecule has 2 N–H and O–H groups in total. The lowest BCUT2D eigenvalue weighted by Gasteiger charge is -2.33. The van der Waals surface area contributed by atoms with Crippen LogP contribution in [0, 0.1) is 5.82 Å². The fraction of sp³-hybridized carbons (Fsp3) is 0.467. The van der Waals surface area contributed by atoms with Gasteiger partial charge in [-0.3, -0.25) is 4.79 Å². The van der Waals surface area contributed by atoms with Gasteiger partial charge in [0.1, 0.15) is 16.8 Å². The van der Waals surface area contributed by atoms with Crippen LogP contribution in [0.4, 0.5) is 4.39 Å². The molecule has 0 aliphatic carbocycles. The quantitative estimate of drug-likeness (QED) is 0.788. The normalized spacial score (nSPS) is 18.4. The Bertz CT molecular complexity index is 722. The SMILES string of the molecule is O=C(O)C1CCCCN1C(=O)CCNS(=O)(=O)c1ccccc1F. The zero-order chi connectivity index (χ0) is 17.7. The number of carboxylic acids is 1. The summed E-state index contributed by atoms with van der Waals surface area (Å²) in [4.78, 5) is 24.1. The molecule has 1 aromatic rings. The second kappa shape index (κ2) is 7.71. The number of hydrogen-bond acceptors (Lipinski definition) is 4. The predicted molar refractivity (Wildman–Crippen MR) is 83.2 cm³/mol. The second-order valence-electron chi connectivity index (χ2n) is 5.52. The van der Waals surface area contributed by atoms with Gasteiger partial charge in [0.25, 0.3) is 0 Å².